The van der Waals surface area contributed by atoms with Crippen LogP contribution in [0.4, 0.5) is 0 Å². The fourth-order valence-electron chi connectivity index (χ4n) is 3.58. The fourth-order valence-corrected chi connectivity index (χ4v) is 3.58. The zero-order valence-corrected chi connectivity index (χ0v) is 15.8. The molecule has 1 saturated carbocycles. The Morgan fingerprint density at radius 1 is 1.00 bits per heavy atom. The number of allylic oxidation sites excluding steroid dienone is 2. The predicted molar refractivity (Wildman–Crippen MR) is 104 cm³/mol. The van der Waals surface area contributed by atoms with Crippen LogP contribution in [0, 0.1) is 17.2 Å². The van der Waals surface area contributed by atoms with E-state index in [1.54, 1.807) is 6.08 Å². The van der Waals surface area contributed by atoms with Gasteiger partial charge in [0.2, 0.25) is 0 Å². The summed E-state index contributed by atoms with van der Waals surface area (Å²) in [6.07, 6.45) is 16.5. The van der Waals surface area contributed by atoms with Gasteiger partial charge in [0.15, 0.2) is 0 Å². The van der Waals surface area contributed by atoms with Crippen LogP contribution in [0.3, 0.4) is 0 Å². The first-order valence-corrected chi connectivity index (χ1v) is 10.1. The van der Waals surface area contributed by atoms with Crippen molar-refractivity contribution < 1.29 is 4.74 Å². The van der Waals surface area contributed by atoms with Gasteiger partial charge in [0.25, 0.3) is 0 Å². The van der Waals surface area contributed by atoms with Crippen LogP contribution in [0.1, 0.15) is 75.8 Å². The summed E-state index contributed by atoms with van der Waals surface area (Å²) in [7, 11) is 0. The lowest BCUT2D eigenvalue weighted by Gasteiger charge is -2.26. The average molecular weight is 340 g/mol. The number of nitrogens with zero attached hydrogens (tertiary/aromatic N) is 1. The zero-order chi connectivity index (χ0) is 17.7. The Morgan fingerprint density at radius 3 is 2.36 bits per heavy atom. The van der Waals surface area contributed by atoms with E-state index in [0.29, 0.717) is 12.0 Å². The molecule has 0 N–H and O–H groups in total. The van der Waals surface area contributed by atoms with Crippen LogP contribution in [0.15, 0.2) is 36.4 Å². The lowest BCUT2D eigenvalue weighted by Crippen LogP contribution is -2.20. The molecule has 2 nitrogen and oxygen atoms in total. The molecular formula is C23H33NO. The van der Waals surface area contributed by atoms with E-state index in [1.807, 2.05) is 0 Å². The third-order valence-corrected chi connectivity index (χ3v) is 5.24. The Bertz CT molecular complexity index is 532. The van der Waals surface area contributed by atoms with Crippen molar-refractivity contribution in [2.75, 3.05) is 0 Å². The van der Waals surface area contributed by atoms with Crippen LogP contribution in [0.2, 0.25) is 0 Å². The van der Waals surface area contributed by atoms with E-state index in [-0.39, 0.29) is 0 Å². The molecule has 0 radical (unpaired) electrons. The molecule has 0 spiro atoms. The first-order chi connectivity index (χ1) is 12.3. The van der Waals surface area contributed by atoms with E-state index >= 15 is 0 Å². The topological polar surface area (TPSA) is 33.0 Å². The van der Waals surface area contributed by atoms with Gasteiger partial charge in [-0.15, -0.1) is 0 Å². The predicted octanol–water partition coefficient (Wildman–Crippen LogP) is 6.35. The molecule has 0 atom stereocenters. The van der Waals surface area contributed by atoms with E-state index in [9.17, 15) is 0 Å². The highest BCUT2D eigenvalue weighted by Gasteiger charge is 2.19. The van der Waals surface area contributed by atoms with Crippen LogP contribution < -0.4 is 0 Å². The van der Waals surface area contributed by atoms with Crippen LogP contribution in [0.25, 0.3) is 0 Å². The molecule has 0 heterocycles. The summed E-state index contributed by atoms with van der Waals surface area (Å²) in [6.45, 7) is 2.98. The van der Waals surface area contributed by atoms with E-state index in [0.717, 1.165) is 32.3 Å². The van der Waals surface area contributed by atoms with E-state index in [2.05, 4.69) is 43.3 Å². The van der Waals surface area contributed by atoms with E-state index in [4.69, 9.17) is 10.00 Å². The Hall–Kier alpha value is -1.59. The maximum atomic E-state index is 8.60. The van der Waals surface area contributed by atoms with Crippen molar-refractivity contribution >= 4 is 0 Å². The molecule has 0 unspecified atom stereocenters. The van der Waals surface area contributed by atoms with Gasteiger partial charge >= 0.3 is 0 Å². The van der Waals surface area contributed by atoms with Crippen molar-refractivity contribution in [3.8, 4) is 6.07 Å². The normalized spacial score (nSPS) is 20.6. The molecule has 136 valence electrons. The molecule has 0 amide bonds. The molecule has 1 aromatic rings. The molecule has 0 aromatic heterocycles. The molecule has 0 saturated heterocycles. The van der Waals surface area contributed by atoms with Gasteiger partial charge in [-0.3, -0.25) is 0 Å². The minimum Gasteiger partial charge on any atom is -0.374 e. The van der Waals surface area contributed by atoms with Crippen molar-refractivity contribution in [3.05, 3.63) is 47.5 Å². The molecule has 1 aromatic carbocycles. The Balaban J connectivity index is 1.63. The number of benzene rings is 1. The molecule has 0 aliphatic heterocycles. The smallest absolute Gasteiger partial charge is 0.0908 e. The summed E-state index contributed by atoms with van der Waals surface area (Å²) in [5.41, 5.74) is 2.73. The molecule has 0 bridgehead atoms. The second-order valence-electron chi connectivity index (χ2n) is 7.32. The SMILES string of the molecule is CCCCCCCc1ccc(COC2CCC(/C=C/C#N)CC2)cc1. The molecule has 25 heavy (non-hydrogen) atoms. The number of hydrogen-bond donors (Lipinski definition) is 0. The molecule has 2 heteroatoms. The van der Waals surface area contributed by atoms with Crippen molar-refractivity contribution in [1.29, 1.82) is 5.26 Å². The van der Waals surface area contributed by atoms with Gasteiger partial charge in [-0.1, -0.05) is 62.9 Å². The van der Waals surface area contributed by atoms with Gasteiger partial charge < -0.3 is 4.74 Å². The highest BCUT2D eigenvalue weighted by molar-refractivity contribution is 5.22. The quantitative estimate of drug-likeness (QED) is 0.367. The second kappa shape index (κ2) is 11.9. The van der Waals surface area contributed by atoms with Gasteiger partial charge in [-0.2, -0.15) is 5.26 Å². The summed E-state index contributed by atoms with van der Waals surface area (Å²) in [5.74, 6) is 0.566. The minimum atomic E-state index is 0.380. The standard InChI is InChI=1S/C23H33NO/c1-2-3-4-5-6-8-20-10-12-22(13-11-20)19-25-23-16-14-21(15-17-23)9-7-18-24/h7,9-13,21,23H,2-6,8,14-17,19H2,1H3/b9-7+. The average Bonchev–Trinajstić information content (AvgIpc) is 2.66. The Labute approximate surface area is 153 Å². The largest absolute Gasteiger partial charge is 0.374 e. The van der Waals surface area contributed by atoms with Crippen LogP contribution in [0.5, 0.6) is 0 Å². The number of nitriles is 1. The first-order valence-electron chi connectivity index (χ1n) is 10.1. The van der Waals surface area contributed by atoms with Crippen molar-refractivity contribution in [2.24, 2.45) is 5.92 Å². The van der Waals surface area contributed by atoms with Gasteiger partial charge in [-0.25, -0.2) is 0 Å². The van der Waals surface area contributed by atoms with Gasteiger partial charge in [0.05, 0.1) is 18.8 Å². The summed E-state index contributed by atoms with van der Waals surface area (Å²) < 4.78 is 6.10. The molecule has 1 aliphatic carbocycles. The van der Waals surface area contributed by atoms with E-state index < -0.39 is 0 Å². The molecule has 1 aliphatic rings. The molecular weight excluding hydrogens is 306 g/mol. The fraction of sp³-hybridized carbons (Fsp3) is 0.609. The Morgan fingerprint density at radius 2 is 1.68 bits per heavy atom. The van der Waals surface area contributed by atoms with Gasteiger partial charge in [0, 0.05) is 6.08 Å². The van der Waals surface area contributed by atoms with Gasteiger partial charge in [0.1, 0.15) is 0 Å². The number of ether oxygens (including phenoxy) is 1. The third kappa shape index (κ3) is 7.88. The van der Waals surface area contributed by atoms with Gasteiger partial charge in [-0.05, 0) is 55.6 Å². The lowest BCUT2D eigenvalue weighted by atomic mass is 9.87. The zero-order valence-electron chi connectivity index (χ0n) is 15.8. The Kier molecular flexibility index (Phi) is 9.37. The van der Waals surface area contributed by atoms with Crippen LogP contribution in [-0.4, -0.2) is 6.10 Å². The highest BCUT2D eigenvalue weighted by atomic mass is 16.5. The van der Waals surface area contributed by atoms with Crippen molar-refractivity contribution in [1.82, 2.24) is 0 Å². The van der Waals surface area contributed by atoms with Crippen LogP contribution in [-0.2, 0) is 17.8 Å². The maximum absolute atomic E-state index is 8.60. The second-order valence-corrected chi connectivity index (χ2v) is 7.32. The maximum Gasteiger partial charge on any atom is 0.0908 e. The van der Waals surface area contributed by atoms with Crippen LogP contribution >= 0.6 is 0 Å². The number of hydrogen-bond acceptors (Lipinski definition) is 2. The summed E-state index contributed by atoms with van der Waals surface area (Å²) >= 11 is 0. The number of rotatable bonds is 10. The molecule has 2 rings (SSSR count). The van der Waals surface area contributed by atoms with Crippen molar-refractivity contribution in [2.45, 2.75) is 83.8 Å². The number of aryl methyl sites for hydroxylation is 1. The third-order valence-electron chi connectivity index (χ3n) is 5.24. The molecule has 1 fully saturated rings. The highest BCUT2D eigenvalue weighted by Crippen LogP contribution is 2.27. The van der Waals surface area contributed by atoms with Crippen molar-refractivity contribution in [3.63, 3.8) is 0 Å². The lowest BCUT2D eigenvalue weighted by molar-refractivity contribution is 0.0110. The first kappa shape index (κ1) is 19.7. The number of unbranched alkanes of at least 4 members (excludes halogenated alkanes) is 4. The summed E-state index contributed by atoms with van der Waals surface area (Å²) in [5, 5.41) is 8.60. The van der Waals surface area contributed by atoms with E-state index in [1.165, 1.54) is 49.7 Å². The minimum absolute atomic E-state index is 0.380. The summed E-state index contributed by atoms with van der Waals surface area (Å²) in [6, 6.07) is 11.1. The monoisotopic (exact) mass is 339 g/mol. The summed E-state index contributed by atoms with van der Waals surface area (Å²) in [4.78, 5) is 0.